The Balaban J connectivity index is 1.41. The smallest absolute Gasteiger partial charge is 0.226 e. The van der Waals surface area contributed by atoms with Gasteiger partial charge in [-0.2, -0.15) is 9.61 Å². The first-order valence-corrected chi connectivity index (χ1v) is 10.7. The summed E-state index contributed by atoms with van der Waals surface area (Å²) in [4.78, 5) is 19.5. The molecule has 1 aliphatic heterocycles. The molecule has 2 N–H and O–H groups in total. The van der Waals surface area contributed by atoms with Crippen LogP contribution < -0.4 is 15.5 Å². The van der Waals surface area contributed by atoms with E-state index in [9.17, 15) is 4.79 Å². The standard InChI is InChI=1S/C21H32N6O/c1-3-22-9-7-16-12-23-19-8-10-24-27(19)21(16)26-13-17(14-26)20(28)25-18-6-4-5-15(2)11-18/h8,10,12,15,17-18,22H,3-7,9,11,13-14H2,1-2H3,(H,25,28). The van der Waals surface area contributed by atoms with Gasteiger partial charge in [0.15, 0.2) is 5.65 Å². The Morgan fingerprint density at radius 3 is 2.96 bits per heavy atom. The fraction of sp³-hybridized carbons (Fsp3) is 0.667. The van der Waals surface area contributed by atoms with Crippen molar-refractivity contribution in [3.63, 3.8) is 0 Å². The van der Waals surface area contributed by atoms with Crippen molar-refractivity contribution >= 4 is 17.4 Å². The molecule has 3 heterocycles. The summed E-state index contributed by atoms with van der Waals surface area (Å²) < 4.78 is 1.91. The minimum atomic E-state index is 0.0672. The van der Waals surface area contributed by atoms with E-state index < -0.39 is 0 Å². The Morgan fingerprint density at radius 1 is 1.32 bits per heavy atom. The maximum Gasteiger partial charge on any atom is 0.226 e. The Kier molecular flexibility index (Phi) is 5.80. The molecule has 4 rings (SSSR count). The summed E-state index contributed by atoms with van der Waals surface area (Å²) in [6, 6.07) is 2.28. The molecule has 0 radical (unpaired) electrons. The van der Waals surface area contributed by atoms with E-state index in [2.05, 4.69) is 39.5 Å². The van der Waals surface area contributed by atoms with Gasteiger partial charge in [-0.25, -0.2) is 4.98 Å². The van der Waals surface area contributed by atoms with Gasteiger partial charge >= 0.3 is 0 Å². The minimum Gasteiger partial charge on any atom is -0.354 e. The van der Waals surface area contributed by atoms with Crippen LogP contribution in [0.5, 0.6) is 0 Å². The van der Waals surface area contributed by atoms with Crippen molar-refractivity contribution in [3.8, 4) is 0 Å². The van der Waals surface area contributed by atoms with Gasteiger partial charge in [-0.15, -0.1) is 0 Å². The molecular weight excluding hydrogens is 352 g/mol. The van der Waals surface area contributed by atoms with E-state index >= 15 is 0 Å². The highest BCUT2D eigenvalue weighted by Gasteiger charge is 2.36. The lowest BCUT2D eigenvalue weighted by molar-refractivity contribution is -0.126. The van der Waals surface area contributed by atoms with Gasteiger partial charge in [0.1, 0.15) is 5.82 Å². The molecule has 0 spiro atoms. The molecule has 0 bridgehead atoms. The van der Waals surface area contributed by atoms with Gasteiger partial charge in [-0.05, 0) is 38.3 Å². The highest BCUT2D eigenvalue weighted by molar-refractivity contribution is 5.82. The average Bonchev–Trinajstić information content (AvgIpc) is 3.10. The highest BCUT2D eigenvalue weighted by atomic mass is 16.2. The van der Waals surface area contributed by atoms with Crippen molar-refractivity contribution in [1.29, 1.82) is 0 Å². The summed E-state index contributed by atoms with van der Waals surface area (Å²) in [6.07, 6.45) is 9.41. The molecule has 2 atom stereocenters. The van der Waals surface area contributed by atoms with Crippen LogP contribution >= 0.6 is 0 Å². The van der Waals surface area contributed by atoms with Crippen LogP contribution in [0.4, 0.5) is 5.82 Å². The Morgan fingerprint density at radius 2 is 2.18 bits per heavy atom. The summed E-state index contributed by atoms with van der Waals surface area (Å²) in [5, 5.41) is 11.2. The van der Waals surface area contributed by atoms with Crippen molar-refractivity contribution in [3.05, 3.63) is 24.0 Å². The Hall–Kier alpha value is -2.15. The lowest BCUT2D eigenvalue weighted by Crippen LogP contribution is -2.56. The SMILES string of the molecule is CCNCCc1cnc2ccnn2c1N1CC(C(=O)NC2CCCC(C)C2)C1. The molecule has 0 aromatic carbocycles. The summed E-state index contributed by atoms with van der Waals surface area (Å²) in [5.41, 5.74) is 2.03. The van der Waals surface area contributed by atoms with E-state index in [-0.39, 0.29) is 11.8 Å². The third-order valence-electron chi connectivity index (χ3n) is 6.12. The van der Waals surface area contributed by atoms with E-state index in [1.54, 1.807) is 6.20 Å². The second-order valence-corrected chi connectivity index (χ2v) is 8.39. The molecule has 2 aliphatic rings. The number of hydrogen-bond donors (Lipinski definition) is 2. The summed E-state index contributed by atoms with van der Waals surface area (Å²) in [6.45, 7) is 7.77. The van der Waals surface area contributed by atoms with Gasteiger partial charge in [0, 0.05) is 37.0 Å². The van der Waals surface area contributed by atoms with Crippen LogP contribution in [0.15, 0.2) is 18.5 Å². The number of amides is 1. The van der Waals surface area contributed by atoms with Gasteiger partial charge in [0.25, 0.3) is 0 Å². The second-order valence-electron chi connectivity index (χ2n) is 8.39. The van der Waals surface area contributed by atoms with Crippen molar-refractivity contribution in [2.24, 2.45) is 11.8 Å². The zero-order valence-electron chi connectivity index (χ0n) is 17.0. The Labute approximate surface area is 166 Å². The lowest BCUT2D eigenvalue weighted by Gasteiger charge is -2.41. The van der Waals surface area contributed by atoms with Crippen LogP contribution in [0.25, 0.3) is 5.65 Å². The normalized spacial score (nSPS) is 23.0. The maximum atomic E-state index is 12.7. The molecule has 1 saturated heterocycles. The van der Waals surface area contributed by atoms with Crippen LogP contribution in [0.3, 0.4) is 0 Å². The molecular formula is C21H32N6O. The second kappa shape index (κ2) is 8.47. The van der Waals surface area contributed by atoms with Gasteiger partial charge < -0.3 is 15.5 Å². The largest absolute Gasteiger partial charge is 0.354 e. The van der Waals surface area contributed by atoms with Crippen molar-refractivity contribution in [2.45, 2.75) is 52.0 Å². The van der Waals surface area contributed by atoms with Crippen LogP contribution in [-0.4, -0.2) is 52.7 Å². The number of rotatable bonds is 7. The summed E-state index contributed by atoms with van der Waals surface area (Å²) in [5.74, 6) is 2.09. The van der Waals surface area contributed by atoms with Crippen LogP contribution in [0.2, 0.25) is 0 Å². The van der Waals surface area contributed by atoms with Crippen LogP contribution in [0, 0.1) is 11.8 Å². The molecule has 1 amide bonds. The Bertz CT molecular complexity index is 812. The van der Waals surface area contributed by atoms with Gasteiger partial charge in [-0.3, -0.25) is 4.79 Å². The van der Waals surface area contributed by atoms with E-state index in [0.717, 1.165) is 62.8 Å². The van der Waals surface area contributed by atoms with Crippen molar-refractivity contribution in [2.75, 3.05) is 31.1 Å². The van der Waals surface area contributed by atoms with Crippen molar-refractivity contribution < 1.29 is 4.79 Å². The number of hydrogen-bond acceptors (Lipinski definition) is 5. The third-order valence-corrected chi connectivity index (χ3v) is 6.12. The number of nitrogens with one attached hydrogen (secondary N) is 2. The first-order chi connectivity index (χ1) is 13.7. The number of carbonyl (C=O) groups is 1. The summed E-state index contributed by atoms with van der Waals surface area (Å²) in [7, 11) is 0. The van der Waals surface area contributed by atoms with Crippen LogP contribution in [-0.2, 0) is 11.2 Å². The van der Waals surface area contributed by atoms with Crippen LogP contribution in [0.1, 0.15) is 45.1 Å². The van der Waals surface area contributed by atoms with Crippen molar-refractivity contribution in [1.82, 2.24) is 25.2 Å². The number of nitrogens with zero attached hydrogens (tertiary/aromatic N) is 4. The number of aromatic nitrogens is 3. The quantitative estimate of drug-likeness (QED) is 0.715. The molecule has 1 saturated carbocycles. The first kappa shape index (κ1) is 19.2. The lowest BCUT2D eigenvalue weighted by atomic mass is 9.86. The molecule has 7 nitrogen and oxygen atoms in total. The predicted octanol–water partition coefficient (Wildman–Crippen LogP) is 2.01. The van der Waals surface area contributed by atoms with E-state index in [1.165, 1.54) is 18.4 Å². The minimum absolute atomic E-state index is 0.0672. The third kappa shape index (κ3) is 3.99. The molecule has 7 heteroatoms. The predicted molar refractivity (Wildman–Crippen MR) is 111 cm³/mol. The fourth-order valence-electron chi connectivity index (χ4n) is 4.51. The van der Waals surface area contributed by atoms with Gasteiger partial charge in [0.2, 0.25) is 5.91 Å². The molecule has 2 aromatic rings. The van der Waals surface area contributed by atoms with E-state index in [0.29, 0.717) is 6.04 Å². The number of likely N-dealkylation sites (N-methyl/N-ethyl adjacent to an activating group) is 1. The van der Waals surface area contributed by atoms with Gasteiger partial charge in [-0.1, -0.05) is 26.7 Å². The molecule has 2 unspecified atom stereocenters. The molecule has 28 heavy (non-hydrogen) atoms. The number of carbonyl (C=O) groups excluding carboxylic acids is 1. The summed E-state index contributed by atoms with van der Waals surface area (Å²) >= 11 is 0. The zero-order chi connectivity index (χ0) is 19.5. The number of fused-ring (bicyclic) bond motifs is 1. The topological polar surface area (TPSA) is 74.6 Å². The zero-order valence-corrected chi connectivity index (χ0v) is 17.0. The fourth-order valence-corrected chi connectivity index (χ4v) is 4.51. The molecule has 2 fully saturated rings. The molecule has 2 aromatic heterocycles. The molecule has 152 valence electrons. The average molecular weight is 385 g/mol. The van der Waals surface area contributed by atoms with Gasteiger partial charge in [0.05, 0.1) is 12.1 Å². The van der Waals surface area contributed by atoms with E-state index in [1.807, 2.05) is 16.8 Å². The van der Waals surface area contributed by atoms with E-state index in [4.69, 9.17) is 0 Å². The number of anilines is 1. The highest BCUT2D eigenvalue weighted by Crippen LogP contribution is 2.29. The first-order valence-electron chi connectivity index (χ1n) is 10.7. The monoisotopic (exact) mass is 384 g/mol. The maximum absolute atomic E-state index is 12.7. The molecule has 1 aliphatic carbocycles.